The van der Waals surface area contributed by atoms with E-state index in [2.05, 4.69) is 9.99 Å². The highest BCUT2D eigenvalue weighted by Crippen LogP contribution is 2.26. The zero-order valence-corrected chi connectivity index (χ0v) is 11.3. The third kappa shape index (κ3) is 2.49. The highest BCUT2D eigenvalue weighted by atomic mass is 35.5. The van der Waals surface area contributed by atoms with E-state index in [9.17, 15) is 4.79 Å². The first-order chi connectivity index (χ1) is 8.49. The number of hydrogen-bond donors (Lipinski definition) is 0. The van der Waals surface area contributed by atoms with E-state index in [-0.39, 0.29) is 0 Å². The van der Waals surface area contributed by atoms with Gasteiger partial charge in [-0.05, 0) is 18.2 Å². The van der Waals surface area contributed by atoms with Crippen molar-refractivity contribution in [1.29, 1.82) is 0 Å². The van der Waals surface area contributed by atoms with Crippen molar-refractivity contribution in [1.82, 2.24) is 4.90 Å². The van der Waals surface area contributed by atoms with Crippen molar-refractivity contribution < 1.29 is 9.63 Å². The van der Waals surface area contributed by atoms with Gasteiger partial charge >= 0.3 is 5.97 Å². The van der Waals surface area contributed by atoms with Crippen LogP contribution in [-0.4, -0.2) is 30.7 Å². The van der Waals surface area contributed by atoms with Gasteiger partial charge in [-0.1, -0.05) is 28.4 Å². The third-order valence-corrected chi connectivity index (χ3v) is 2.82. The molecule has 1 heterocycles. The van der Waals surface area contributed by atoms with Gasteiger partial charge in [0.05, 0.1) is 5.02 Å². The van der Waals surface area contributed by atoms with Gasteiger partial charge in [0.15, 0.2) is 0 Å². The Hall–Kier alpha value is -1.52. The van der Waals surface area contributed by atoms with E-state index in [1.807, 2.05) is 0 Å². The number of hydrogen-bond acceptors (Lipinski definition) is 4. The molecule has 0 aliphatic carbocycles. The Morgan fingerprint density at radius 2 is 2.06 bits per heavy atom. The lowest BCUT2D eigenvalue weighted by Gasteiger charge is -2.07. The standard InChI is InChI=1S/C12H10Cl2N2O2/c1-16(2)6-9-11(15-18-12(9)17)8-4-3-7(13)5-10(8)14/h3-6H,1-2H3/b9-6-. The van der Waals surface area contributed by atoms with Crippen molar-refractivity contribution in [3.63, 3.8) is 0 Å². The molecule has 0 saturated heterocycles. The SMILES string of the molecule is CN(C)/C=C1\C(=O)ON=C1c1ccc(Cl)cc1Cl. The van der Waals surface area contributed by atoms with Crippen LogP contribution in [0.25, 0.3) is 0 Å². The van der Waals surface area contributed by atoms with E-state index in [0.717, 1.165) is 0 Å². The number of rotatable bonds is 2. The van der Waals surface area contributed by atoms with Crippen LogP contribution >= 0.6 is 23.2 Å². The minimum Gasteiger partial charge on any atom is -0.383 e. The molecule has 1 aliphatic rings. The van der Waals surface area contributed by atoms with Crippen molar-refractivity contribution in [2.24, 2.45) is 5.16 Å². The van der Waals surface area contributed by atoms with Gasteiger partial charge in [0.25, 0.3) is 0 Å². The number of benzene rings is 1. The van der Waals surface area contributed by atoms with Crippen LogP contribution in [0.15, 0.2) is 35.1 Å². The zero-order valence-electron chi connectivity index (χ0n) is 9.78. The van der Waals surface area contributed by atoms with E-state index in [1.165, 1.54) is 0 Å². The van der Waals surface area contributed by atoms with Crippen LogP contribution in [-0.2, 0) is 9.63 Å². The summed E-state index contributed by atoms with van der Waals surface area (Å²) >= 11 is 11.9. The number of carbonyl (C=O) groups excluding carboxylic acids is 1. The molecule has 0 saturated carbocycles. The molecule has 0 amide bonds. The topological polar surface area (TPSA) is 41.9 Å². The molecular formula is C12H10Cl2N2O2. The van der Waals surface area contributed by atoms with Gasteiger partial charge in [-0.15, -0.1) is 0 Å². The first-order valence-corrected chi connectivity index (χ1v) is 5.88. The Bertz CT molecular complexity index is 565. The molecule has 1 aromatic carbocycles. The molecule has 0 fully saturated rings. The highest BCUT2D eigenvalue weighted by Gasteiger charge is 2.28. The van der Waals surface area contributed by atoms with Crippen molar-refractivity contribution in [2.75, 3.05) is 14.1 Å². The molecule has 18 heavy (non-hydrogen) atoms. The van der Waals surface area contributed by atoms with Gasteiger partial charge in [-0.25, -0.2) is 4.79 Å². The highest BCUT2D eigenvalue weighted by molar-refractivity contribution is 6.40. The molecule has 0 spiro atoms. The predicted molar refractivity (Wildman–Crippen MR) is 70.9 cm³/mol. The van der Waals surface area contributed by atoms with Crippen LogP contribution in [0.4, 0.5) is 0 Å². The Kier molecular flexibility index (Phi) is 3.59. The summed E-state index contributed by atoms with van der Waals surface area (Å²) in [4.78, 5) is 18.0. The van der Waals surface area contributed by atoms with E-state index in [4.69, 9.17) is 23.2 Å². The molecule has 0 aromatic heterocycles. The average molecular weight is 285 g/mol. The summed E-state index contributed by atoms with van der Waals surface area (Å²) in [6.07, 6.45) is 1.64. The summed E-state index contributed by atoms with van der Waals surface area (Å²) < 4.78 is 0. The smallest absolute Gasteiger partial charge is 0.369 e. The monoisotopic (exact) mass is 284 g/mol. The third-order valence-electron chi connectivity index (χ3n) is 2.27. The Morgan fingerprint density at radius 3 is 2.67 bits per heavy atom. The molecule has 4 nitrogen and oxygen atoms in total. The van der Waals surface area contributed by atoms with Crippen LogP contribution in [0.2, 0.25) is 10.0 Å². The summed E-state index contributed by atoms with van der Waals surface area (Å²) in [6, 6.07) is 4.98. The second-order valence-corrected chi connectivity index (χ2v) is 4.79. The van der Waals surface area contributed by atoms with E-state index < -0.39 is 5.97 Å². The Labute approximate surface area is 114 Å². The molecule has 0 bridgehead atoms. The lowest BCUT2D eigenvalue weighted by molar-refractivity contribution is -0.136. The normalized spacial score (nSPS) is 16.8. The molecule has 6 heteroatoms. The van der Waals surface area contributed by atoms with Crippen molar-refractivity contribution in [2.45, 2.75) is 0 Å². The molecule has 0 N–H and O–H groups in total. The second-order valence-electron chi connectivity index (χ2n) is 3.95. The fourth-order valence-corrected chi connectivity index (χ4v) is 2.03. The van der Waals surface area contributed by atoms with E-state index in [0.29, 0.717) is 26.9 Å². The average Bonchev–Trinajstić information content (AvgIpc) is 2.60. The van der Waals surface area contributed by atoms with Gasteiger partial charge in [0.1, 0.15) is 11.3 Å². The molecule has 2 rings (SSSR count). The Morgan fingerprint density at radius 1 is 1.33 bits per heavy atom. The molecule has 0 atom stereocenters. The predicted octanol–water partition coefficient (Wildman–Crippen LogP) is 2.70. The molecule has 94 valence electrons. The van der Waals surface area contributed by atoms with Crippen molar-refractivity contribution >= 4 is 34.9 Å². The van der Waals surface area contributed by atoms with Crippen LogP contribution < -0.4 is 0 Å². The maximum absolute atomic E-state index is 11.6. The molecular weight excluding hydrogens is 275 g/mol. The summed E-state index contributed by atoms with van der Waals surface area (Å²) in [6.45, 7) is 0. The van der Waals surface area contributed by atoms with Gasteiger partial charge in [0, 0.05) is 30.9 Å². The number of carbonyl (C=O) groups is 1. The minimum absolute atomic E-state index is 0.365. The summed E-state index contributed by atoms with van der Waals surface area (Å²) in [5.74, 6) is -0.496. The van der Waals surface area contributed by atoms with Crippen LogP contribution in [0.3, 0.4) is 0 Å². The summed E-state index contributed by atoms with van der Waals surface area (Å²) in [7, 11) is 3.61. The maximum Gasteiger partial charge on any atom is 0.369 e. The first kappa shape index (κ1) is 12.9. The van der Waals surface area contributed by atoms with Crippen LogP contribution in [0.1, 0.15) is 5.56 Å². The van der Waals surface area contributed by atoms with Gasteiger partial charge in [-0.3, -0.25) is 0 Å². The minimum atomic E-state index is -0.496. The van der Waals surface area contributed by atoms with E-state index >= 15 is 0 Å². The lowest BCUT2D eigenvalue weighted by Crippen LogP contribution is -2.13. The first-order valence-electron chi connectivity index (χ1n) is 5.12. The van der Waals surface area contributed by atoms with Crippen LogP contribution in [0.5, 0.6) is 0 Å². The second kappa shape index (κ2) is 5.00. The number of oxime groups is 1. The quantitative estimate of drug-likeness (QED) is 0.619. The van der Waals surface area contributed by atoms with Gasteiger partial charge in [0.2, 0.25) is 0 Å². The van der Waals surface area contributed by atoms with E-state index in [1.54, 1.807) is 43.4 Å². The fourth-order valence-electron chi connectivity index (χ4n) is 1.53. The van der Waals surface area contributed by atoms with Gasteiger partial charge < -0.3 is 9.74 Å². The fraction of sp³-hybridized carbons (Fsp3) is 0.167. The largest absolute Gasteiger partial charge is 0.383 e. The van der Waals surface area contributed by atoms with Crippen molar-refractivity contribution in [3.05, 3.63) is 45.6 Å². The maximum atomic E-state index is 11.6. The van der Waals surface area contributed by atoms with Gasteiger partial charge in [-0.2, -0.15) is 0 Å². The summed E-state index contributed by atoms with van der Waals surface area (Å²) in [5, 5.41) is 4.70. The Balaban J connectivity index is 2.47. The number of nitrogens with zero attached hydrogens (tertiary/aromatic N) is 2. The van der Waals surface area contributed by atoms with Crippen molar-refractivity contribution in [3.8, 4) is 0 Å². The van der Waals surface area contributed by atoms with Crippen LogP contribution in [0, 0.1) is 0 Å². The molecule has 1 aliphatic heterocycles. The molecule has 1 aromatic rings. The lowest BCUT2D eigenvalue weighted by atomic mass is 10.0. The zero-order chi connectivity index (χ0) is 13.3. The number of halogens is 2. The summed E-state index contributed by atoms with van der Waals surface area (Å²) in [5.41, 5.74) is 1.39. The molecule has 0 radical (unpaired) electrons. The molecule has 0 unspecified atom stereocenters.